The first-order chi connectivity index (χ1) is 14.2. The number of aryl methyl sites for hydroxylation is 1. The zero-order valence-corrected chi connectivity index (χ0v) is 16.5. The Bertz CT molecular complexity index is 1050. The van der Waals surface area contributed by atoms with E-state index >= 15 is 0 Å². The van der Waals surface area contributed by atoms with Crippen LogP contribution in [0.15, 0.2) is 36.8 Å². The molecule has 1 aliphatic heterocycles. The third-order valence-electron chi connectivity index (χ3n) is 5.63. The molecule has 5 rings (SSSR count). The van der Waals surface area contributed by atoms with E-state index in [0.717, 1.165) is 72.7 Å². The number of amides is 1. The maximum absolute atomic E-state index is 12.4. The maximum atomic E-state index is 12.4. The van der Waals surface area contributed by atoms with Gasteiger partial charge >= 0.3 is 0 Å². The van der Waals surface area contributed by atoms with Crippen LogP contribution in [-0.4, -0.2) is 45.6 Å². The molecule has 0 spiro atoms. The van der Waals surface area contributed by atoms with Crippen LogP contribution in [0, 0.1) is 6.92 Å². The van der Waals surface area contributed by atoms with Crippen molar-refractivity contribution in [1.82, 2.24) is 19.7 Å². The van der Waals surface area contributed by atoms with Gasteiger partial charge in [0.2, 0.25) is 0 Å². The zero-order valence-electron chi connectivity index (χ0n) is 16.5. The second-order valence-electron chi connectivity index (χ2n) is 7.91. The average Bonchev–Trinajstić information content (AvgIpc) is 3.20. The normalized spacial score (nSPS) is 18.9. The maximum Gasteiger partial charge on any atom is 0.251 e. The number of carbonyl (C=O) groups is 1. The van der Waals surface area contributed by atoms with E-state index in [-0.39, 0.29) is 12.0 Å². The van der Waals surface area contributed by atoms with Gasteiger partial charge in [-0.15, -0.1) is 0 Å². The number of fused-ring (bicyclic) bond motifs is 1. The highest BCUT2D eigenvalue weighted by molar-refractivity contribution is 5.96. The molecule has 150 valence electrons. The molecule has 2 fully saturated rings. The summed E-state index contributed by atoms with van der Waals surface area (Å²) in [6, 6.07) is 6.29. The molecule has 29 heavy (non-hydrogen) atoms. The summed E-state index contributed by atoms with van der Waals surface area (Å²) in [5.41, 5.74) is 4.47. The summed E-state index contributed by atoms with van der Waals surface area (Å²) >= 11 is 0. The number of imidazole rings is 1. The van der Waals surface area contributed by atoms with Gasteiger partial charge in [0, 0.05) is 42.7 Å². The Balaban J connectivity index is 1.40. The molecule has 3 heterocycles. The minimum Gasteiger partial charge on any atom is -0.376 e. The minimum atomic E-state index is 0.0134. The Morgan fingerprint density at radius 1 is 1.28 bits per heavy atom. The molecule has 7 heteroatoms. The summed E-state index contributed by atoms with van der Waals surface area (Å²) in [6.07, 6.45) is 10.2. The highest BCUT2D eigenvalue weighted by Crippen LogP contribution is 2.26. The first kappa shape index (κ1) is 18.1. The summed E-state index contributed by atoms with van der Waals surface area (Å²) in [5, 5.41) is 6.44. The first-order valence-electron chi connectivity index (χ1n) is 10.3. The van der Waals surface area contributed by atoms with Crippen molar-refractivity contribution in [3.8, 4) is 11.3 Å². The van der Waals surface area contributed by atoms with Crippen molar-refractivity contribution in [2.75, 3.05) is 18.5 Å². The van der Waals surface area contributed by atoms with E-state index in [0.29, 0.717) is 6.04 Å². The molecular weight excluding hydrogens is 366 g/mol. The van der Waals surface area contributed by atoms with Crippen molar-refractivity contribution in [3.05, 3.63) is 47.9 Å². The number of rotatable bonds is 6. The van der Waals surface area contributed by atoms with Gasteiger partial charge < -0.3 is 15.4 Å². The number of aromatic nitrogens is 3. The molecule has 1 saturated heterocycles. The Morgan fingerprint density at radius 3 is 2.93 bits per heavy atom. The monoisotopic (exact) mass is 391 g/mol. The van der Waals surface area contributed by atoms with E-state index < -0.39 is 0 Å². The van der Waals surface area contributed by atoms with Gasteiger partial charge in [-0.2, -0.15) is 0 Å². The number of carbonyl (C=O) groups excluding carboxylic acids is 1. The Hall–Kier alpha value is -2.93. The number of nitrogens with zero attached hydrogens (tertiary/aromatic N) is 3. The molecule has 0 bridgehead atoms. The summed E-state index contributed by atoms with van der Waals surface area (Å²) in [6.45, 7) is 3.55. The van der Waals surface area contributed by atoms with Gasteiger partial charge in [-0.05, 0) is 50.3 Å². The first-order valence-corrected chi connectivity index (χ1v) is 10.3. The smallest absolute Gasteiger partial charge is 0.251 e. The highest BCUT2D eigenvalue weighted by Gasteiger charge is 2.24. The minimum absolute atomic E-state index is 0.0134. The zero-order chi connectivity index (χ0) is 19.8. The number of ether oxygens (including phenoxy) is 1. The van der Waals surface area contributed by atoms with E-state index in [4.69, 9.17) is 4.74 Å². The number of anilines is 1. The Kier molecular flexibility index (Phi) is 4.67. The molecule has 7 nitrogen and oxygen atoms in total. The molecule has 2 aliphatic rings. The van der Waals surface area contributed by atoms with Crippen LogP contribution < -0.4 is 10.6 Å². The van der Waals surface area contributed by atoms with Gasteiger partial charge in [0.25, 0.3) is 5.91 Å². The molecule has 1 aromatic carbocycles. The van der Waals surface area contributed by atoms with Crippen molar-refractivity contribution < 1.29 is 9.53 Å². The van der Waals surface area contributed by atoms with Crippen LogP contribution >= 0.6 is 0 Å². The summed E-state index contributed by atoms with van der Waals surface area (Å²) in [7, 11) is 0. The van der Waals surface area contributed by atoms with Crippen LogP contribution in [0.1, 0.15) is 41.6 Å². The van der Waals surface area contributed by atoms with Crippen molar-refractivity contribution >= 4 is 17.4 Å². The predicted molar refractivity (Wildman–Crippen MR) is 111 cm³/mol. The Labute approximate surface area is 169 Å². The molecule has 1 saturated carbocycles. The number of nitrogens with one attached hydrogen (secondary N) is 2. The van der Waals surface area contributed by atoms with Crippen molar-refractivity contribution in [2.24, 2.45) is 0 Å². The lowest BCUT2D eigenvalue weighted by Crippen LogP contribution is -2.26. The summed E-state index contributed by atoms with van der Waals surface area (Å²) in [4.78, 5) is 21.4. The lowest BCUT2D eigenvalue weighted by molar-refractivity contribution is 0.0950. The van der Waals surface area contributed by atoms with Gasteiger partial charge in [-0.3, -0.25) is 9.20 Å². The van der Waals surface area contributed by atoms with Gasteiger partial charge in [0.15, 0.2) is 11.5 Å². The van der Waals surface area contributed by atoms with Gasteiger partial charge in [-0.1, -0.05) is 6.07 Å². The number of hydrogen-bond acceptors (Lipinski definition) is 5. The fourth-order valence-electron chi connectivity index (χ4n) is 3.84. The largest absolute Gasteiger partial charge is 0.376 e. The second kappa shape index (κ2) is 7.48. The lowest BCUT2D eigenvalue weighted by Gasteiger charge is -2.12. The van der Waals surface area contributed by atoms with E-state index in [2.05, 4.69) is 20.6 Å². The van der Waals surface area contributed by atoms with Crippen molar-refractivity contribution in [1.29, 1.82) is 0 Å². The highest BCUT2D eigenvalue weighted by atomic mass is 16.5. The molecule has 2 N–H and O–H groups in total. The molecule has 1 unspecified atom stereocenters. The molecule has 2 aromatic heterocycles. The Morgan fingerprint density at radius 2 is 2.17 bits per heavy atom. The fourth-order valence-corrected chi connectivity index (χ4v) is 3.84. The second-order valence-corrected chi connectivity index (χ2v) is 7.91. The van der Waals surface area contributed by atoms with Crippen LogP contribution in [-0.2, 0) is 4.74 Å². The number of benzene rings is 1. The van der Waals surface area contributed by atoms with Crippen LogP contribution in [0.5, 0.6) is 0 Å². The van der Waals surface area contributed by atoms with Crippen LogP contribution in [0.3, 0.4) is 0 Å². The molecule has 0 radical (unpaired) electrons. The van der Waals surface area contributed by atoms with E-state index in [1.165, 1.54) is 0 Å². The molecule has 1 amide bonds. The summed E-state index contributed by atoms with van der Waals surface area (Å²) in [5.74, 6) is 0.769. The van der Waals surface area contributed by atoms with Crippen molar-refractivity contribution in [3.63, 3.8) is 0 Å². The van der Waals surface area contributed by atoms with Gasteiger partial charge in [0.05, 0.1) is 18.0 Å². The van der Waals surface area contributed by atoms with E-state index in [9.17, 15) is 4.79 Å². The predicted octanol–water partition coefficient (Wildman–Crippen LogP) is 3.19. The quantitative estimate of drug-likeness (QED) is 0.675. The van der Waals surface area contributed by atoms with Crippen LogP contribution in [0.2, 0.25) is 0 Å². The third-order valence-corrected chi connectivity index (χ3v) is 5.63. The standard InChI is InChI=1S/C22H25N5O2/c1-14-11-15(4-7-18(14)22(28)26-16-5-6-16)19-13-25-21-20(23-8-9-27(19)21)24-12-17-3-2-10-29-17/h4,7-9,11,13,16-17H,2-3,5-6,10,12H2,1H3,(H,23,24)(H,26,28). The van der Waals surface area contributed by atoms with E-state index in [1.807, 2.05) is 41.9 Å². The molecule has 1 atom stereocenters. The lowest BCUT2D eigenvalue weighted by atomic mass is 10.0. The summed E-state index contributed by atoms with van der Waals surface area (Å²) < 4.78 is 7.71. The topological polar surface area (TPSA) is 80.6 Å². The molecular formula is C22H25N5O2. The van der Waals surface area contributed by atoms with Gasteiger partial charge in [0.1, 0.15) is 0 Å². The average molecular weight is 391 g/mol. The SMILES string of the molecule is Cc1cc(-c2cnc3c(NCC4CCCO4)nccn23)ccc1C(=O)NC1CC1. The van der Waals surface area contributed by atoms with Crippen LogP contribution in [0.4, 0.5) is 5.82 Å². The third kappa shape index (κ3) is 3.70. The van der Waals surface area contributed by atoms with Gasteiger partial charge in [-0.25, -0.2) is 9.97 Å². The molecule has 1 aliphatic carbocycles. The number of hydrogen-bond donors (Lipinski definition) is 2. The molecule has 3 aromatic rings. The fraction of sp³-hybridized carbons (Fsp3) is 0.409. The van der Waals surface area contributed by atoms with Crippen LogP contribution in [0.25, 0.3) is 16.9 Å². The van der Waals surface area contributed by atoms with Crippen molar-refractivity contribution in [2.45, 2.75) is 44.8 Å². The van der Waals surface area contributed by atoms with E-state index in [1.54, 1.807) is 6.20 Å².